The van der Waals surface area contributed by atoms with Crippen molar-refractivity contribution in [1.82, 2.24) is 24.8 Å². The van der Waals surface area contributed by atoms with Gasteiger partial charge in [-0.2, -0.15) is 0 Å². The van der Waals surface area contributed by atoms with E-state index in [0.717, 1.165) is 34.8 Å². The van der Waals surface area contributed by atoms with Crippen molar-refractivity contribution in [2.45, 2.75) is 62.7 Å². The van der Waals surface area contributed by atoms with E-state index in [1.165, 1.54) is 5.56 Å². The molecule has 7 rings (SSSR count). The molecule has 3 aromatic rings. The standard InChI is InChI=1S/C25H26ClIN6O3/c1-24(2)35-18-17(14-9-25(14,19(18)36-24)22(34)28-3)33-10-29-16-20(31-23(27)32-21(16)33)30-15-8-13(15)11-5-4-6-12(26)7-11/h4-7,10,13-15,17-19H,8-9H2,1-3H3,(H,28,34)(H,30,31,32)/t13?,14-,15?,17-,18-,19-,25+/m1/s1. The van der Waals surface area contributed by atoms with Gasteiger partial charge in [0.05, 0.1) is 17.8 Å². The summed E-state index contributed by atoms with van der Waals surface area (Å²) >= 11 is 8.35. The Labute approximate surface area is 226 Å². The van der Waals surface area contributed by atoms with Gasteiger partial charge in [-0.1, -0.05) is 23.7 Å². The summed E-state index contributed by atoms with van der Waals surface area (Å²) in [6, 6.07) is 8.18. The van der Waals surface area contributed by atoms with Crippen LogP contribution in [-0.4, -0.2) is 56.5 Å². The first-order valence-electron chi connectivity index (χ1n) is 12.2. The molecular weight excluding hydrogens is 595 g/mol. The lowest BCUT2D eigenvalue weighted by Crippen LogP contribution is -2.40. The smallest absolute Gasteiger partial charge is 0.229 e. The molecule has 3 heterocycles. The normalized spacial score (nSPS) is 35.4. The van der Waals surface area contributed by atoms with E-state index < -0.39 is 11.2 Å². The Bertz CT molecular complexity index is 1410. The van der Waals surface area contributed by atoms with Crippen LogP contribution in [0.3, 0.4) is 0 Å². The second-order valence-electron chi connectivity index (χ2n) is 10.8. The number of amides is 1. The van der Waals surface area contributed by atoms with Gasteiger partial charge in [0.15, 0.2) is 26.6 Å². The molecule has 0 spiro atoms. The van der Waals surface area contributed by atoms with E-state index >= 15 is 0 Å². The number of ether oxygens (including phenoxy) is 2. The number of anilines is 1. The van der Waals surface area contributed by atoms with Crippen LogP contribution in [0.1, 0.15) is 44.2 Å². The Morgan fingerprint density at radius 1 is 1.28 bits per heavy atom. The molecule has 3 aliphatic carbocycles. The highest BCUT2D eigenvalue weighted by molar-refractivity contribution is 14.1. The van der Waals surface area contributed by atoms with Gasteiger partial charge >= 0.3 is 0 Å². The fourth-order valence-electron chi connectivity index (χ4n) is 6.54. The Morgan fingerprint density at radius 2 is 2.11 bits per heavy atom. The van der Waals surface area contributed by atoms with Crippen molar-refractivity contribution in [3.63, 3.8) is 0 Å². The van der Waals surface area contributed by atoms with Gasteiger partial charge in [-0.3, -0.25) is 4.79 Å². The van der Waals surface area contributed by atoms with Crippen molar-refractivity contribution >= 4 is 57.1 Å². The predicted octanol–water partition coefficient (Wildman–Crippen LogP) is 3.88. The third-order valence-electron chi connectivity index (χ3n) is 8.20. The zero-order chi connectivity index (χ0) is 25.0. The van der Waals surface area contributed by atoms with E-state index in [4.69, 9.17) is 31.0 Å². The molecule has 2 N–H and O–H groups in total. The first kappa shape index (κ1) is 23.1. The van der Waals surface area contributed by atoms with Gasteiger partial charge in [0.2, 0.25) is 5.91 Å². The maximum absolute atomic E-state index is 13.0. The molecule has 0 radical (unpaired) electrons. The lowest BCUT2D eigenvalue weighted by atomic mass is 9.98. The second kappa shape index (κ2) is 7.75. The van der Waals surface area contributed by atoms with Gasteiger partial charge in [0.1, 0.15) is 12.2 Å². The Morgan fingerprint density at radius 3 is 2.89 bits per heavy atom. The van der Waals surface area contributed by atoms with Gasteiger partial charge in [-0.15, -0.1) is 0 Å². The highest BCUT2D eigenvalue weighted by Crippen LogP contribution is 2.71. The molecule has 3 saturated carbocycles. The van der Waals surface area contributed by atoms with Gasteiger partial charge in [-0.25, -0.2) is 15.0 Å². The lowest BCUT2D eigenvalue weighted by Gasteiger charge is -2.24. The molecular formula is C25H26ClIN6O3. The molecule has 7 atom stereocenters. The van der Waals surface area contributed by atoms with E-state index in [9.17, 15) is 4.79 Å². The van der Waals surface area contributed by atoms with Gasteiger partial charge in [-0.05, 0) is 44.4 Å². The summed E-state index contributed by atoms with van der Waals surface area (Å²) in [7, 11) is 1.68. The van der Waals surface area contributed by atoms with Crippen molar-refractivity contribution in [3.05, 3.63) is 45.0 Å². The van der Waals surface area contributed by atoms with Gasteiger partial charge in [0.25, 0.3) is 0 Å². The third-order valence-corrected chi connectivity index (χ3v) is 8.92. The molecule has 4 aliphatic rings. The quantitative estimate of drug-likeness (QED) is 0.330. The summed E-state index contributed by atoms with van der Waals surface area (Å²) in [5, 5.41) is 7.20. The molecule has 0 bridgehead atoms. The average Bonchev–Trinajstić information content (AvgIpc) is 3.66. The third kappa shape index (κ3) is 3.33. The van der Waals surface area contributed by atoms with E-state index in [2.05, 4.69) is 48.8 Å². The number of aromatic nitrogens is 4. The molecule has 36 heavy (non-hydrogen) atoms. The zero-order valence-corrected chi connectivity index (χ0v) is 22.9. The van der Waals surface area contributed by atoms with Crippen LogP contribution in [0.25, 0.3) is 11.2 Å². The molecule has 4 fully saturated rings. The maximum Gasteiger partial charge on any atom is 0.229 e. The number of halogens is 2. The largest absolute Gasteiger partial charge is 0.365 e. The molecule has 1 aliphatic heterocycles. The summed E-state index contributed by atoms with van der Waals surface area (Å²) < 4.78 is 15.4. The minimum atomic E-state index is -0.754. The molecule has 1 aromatic carbocycles. The van der Waals surface area contributed by atoms with E-state index in [1.807, 2.05) is 38.4 Å². The van der Waals surface area contributed by atoms with Crippen LogP contribution in [0.4, 0.5) is 5.82 Å². The number of nitrogens with one attached hydrogen (secondary N) is 2. The van der Waals surface area contributed by atoms with Crippen LogP contribution in [0.2, 0.25) is 5.02 Å². The van der Waals surface area contributed by atoms with Crippen LogP contribution in [0.15, 0.2) is 30.6 Å². The monoisotopic (exact) mass is 620 g/mol. The average molecular weight is 621 g/mol. The SMILES string of the molecule is CNC(=O)[C@@]12C[C@@H]1[C@@H](n1cnc3c(NC4CC4c4cccc(Cl)c4)nc(I)nc31)[C@H]1OC(C)(C)O[C@H]12. The van der Waals surface area contributed by atoms with Gasteiger partial charge in [0, 0.05) is 52.5 Å². The fourth-order valence-corrected chi connectivity index (χ4v) is 7.21. The number of rotatable bonds is 5. The zero-order valence-electron chi connectivity index (χ0n) is 20.0. The second-order valence-corrected chi connectivity index (χ2v) is 12.2. The molecule has 11 heteroatoms. The van der Waals surface area contributed by atoms with Crippen molar-refractivity contribution in [3.8, 4) is 0 Å². The van der Waals surface area contributed by atoms with Crippen LogP contribution in [0.5, 0.6) is 0 Å². The number of nitrogens with zero attached hydrogens (tertiary/aromatic N) is 4. The Hall–Kier alpha value is -2.02. The van der Waals surface area contributed by atoms with Crippen LogP contribution < -0.4 is 10.6 Å². The molecule has 2 aromatic heterocycles. The summed E-state index contributed by atoms with van der Waals surface area (Å²) in [6.45, 7) is 3.81. The van der Waals surface area contributed by atoms with Crippen LogP contribution in [0, 0.1) is 15.2 Å². The number of hydrogen-bond donors (Lipinski definition) is 2. The summed E-state index contributed by atoms with van der Waals surface area (Å²) in [4.78, 5) is 27.2. The minimum absolute atomic E-state index is 0.0167. The fraction of sp³-hybridized carbons (Fsp3) is 0.520. The Kier molecular flexibility index (Phi) is 4.98. The summed E-state index contributed by atoms with van der Waals surface area (Å²) in [5.74, 6) is 0.471. The summed E-state index contributed by atoms with van der Waals surface area (Å²) in [5.41, 5.74) is 2.12. The van der Waals surface area contributed by atoms with Crippen LogP contribution >= 0.6 is 34.2 Å². The first-order chi connectivity index (χ1) is 17.2. The molecule has 1 saturated heterocycles. The lowest BCUT2D eigenvalue weighted by molar-refractivity contribution is -0.164. The molecule has 9 nitrogen and oxygen atoms in total. The maximum atomic E-state index is 13.0. The molecule has 188 valence electrons. The number of carbonyl (C=O) groups excluding carboxylic acids is 1. The molecule has 2 unspecified atom stereocenters. The number of imidazole rings is 1. The highest BCUT2D eigenvalue weighted by atomic mass is 127. The van der Waals surface area contributed by atoms with E-state index in [1.54, 1.807) is 7.05 Å². The highest BCUT2D eigenvalue weighted by Gasteiger charge is 2.79. The number of benzene rings is 1. The van der Waals surface area contributed by atoms with Crippen molar-refractivity contribution < 1.29 is 14.3 Å². The number of fused-ring (bicyclic) bond motifs is 4. The van der Waals surface area contributed by atoms with E-state index in [-0.39, 0.29) is 36.1 Å². The van der Waals surface area contributed by atoms with Gasteiger partial charge < -0.3 is 24.7 Å². The Balaban J connectivity index is 1.23. The van der Waals surface area contributed by atoms with Crippen molar-refractivity contribution in [2.75, 3.05) is 12.4 Å². The topological polar surface area (TPSA) is 103 Å². The molecule has 1 amide bonds. The van der Waals surface area contributed by atoms with Crippen molar-refractivity contribution in [1.29, 1.82) is 0 Å². The van der Waals surface area contributed by atoms with Crippen LogP contribution in [-0.2, 0) is 14.3 Å². The summed E-state index contributed by atoms with van der Waals surface area (Å²) in [6.07, 6.45) is 3.02. The predicted molar refractivity (Wildman–Crippen MR) is 142 cm³/mol. The van der Waals surface area contributed by atoms with Crippen molar-refractivity contribution in [2.24, 2.45) is 11.3 Å². The first-order valence-corrected chi connectivity index (χ1v) is 13.7. The number of carbonyl (C=O) groups is 1. The number of hydrogen-bond acceptors (Lipinski definition) is 7. The minimum Gasteiger partial charge on any atom is -0.365 e. The van der Waals surface area contributed by atoms with E-state index in [0.29, 0.717) is 9.75 Å².